The summed E-state index contributed by atoms with van der Waals surface area (Å²) in [4.78, 5) is 12.5. The Morgan fingerprint density at radius 2 is 1.70 bits per heavy atom. The number of unbranched alkanes of at least 4 members (excludes halogenated alkanes) is 1. The number of carbonyl (C=O) groups excluding carboxylic acids is 1. The summed E-state index contributed by atoms with van der Waals surface area (Å²) >= 11 is 0. The largest absolute Gasteiger partial charge is 0.493 e. The number of ether oxygens (including phenoxy) is 2. The van der Waals surface area contributed by atoms with Crippen LogP contribution in [0.1, 0.15) is 19.8 Å². The Balaban J connectivity index is 1.54. The van der Waals surface area contributed by atoms with Crippen LogP contribution >= 0.6 is 0 Å². The van der Waals surface area contributed by atoms with E-state index in [4.69, 9.17) is 14.7 Å². The van der Waals surface area contributed by atoms with Crippen molar-refractivity contribution in [2.45, 2.75) is 25.9 Å². The van der Waals surface area contributed by atoms with Crippen LogP contribution in [0, 0.1) is 11.3 Å². The molecule has 1 unspecified atom stereocenters. The molecular formula is C25H24N2O3. The Hall–Kier alpha value is -3.78. The van der Waals surface area contributed by atoms with E-state index in [0.717, 1.165) is 11.1 Å². The van der Waals surface area contributed by atoms with Crippen molar-refractivity contribution >= 4 is 11.6 Å². The summed E-state index contributed by atoms with van der Waals surface area (Å²) in [5.74, 6) is 1.03. The van der Waals surface area contributed by atoms with Gasteiger partial charge in [-0.1, -0.05) is 48.5 Å². The number of anilines is 1. The second kappa shape index (κ2) is 10.7. The van der Waals surface area contributed by atoms with E-state index in [2.05, 4.69) is 11.4 Å². The lowest BCUT2D eigenvalue weighted by molar-refractivity contribution is -0.122. The molecule has 0 aliphatic rings. The van der Waals surface area contributed by atoms with Crippen LogP contribution in [0.4, 0.5) is 5.69 Å². The quantitative estimate of drug-likeness (QED) is 0.485. The molecule has 3 aromatic carbocycles. The van der Waals surface area contributed by atoms with E-state index in [0.29, 0.717) is 36.6 Å². The molecule has 3 aromatic rings. The van der Waals surface area contributed by atoms with Gasteiger partial charge in [0.1, 0.15) is 11.5 Å². The summed E-state index contributed by atoms with van der Waals surface area (Å²) in [7, 11) is 0. The maximum absolute atomic E-state index is 12.5. The Kier molecular flexibility index (Phi) is 7.45. The number of carbonyl (C=O) groups is 1. The third-order valence-electron chi connectivity index (χ3n) is 4.45. The smallest absolute Gasteiger partial charge is 0.265 e. The fraction of sp³-hybridized carbons (Fsp3) is 0.200. The number of nitriles is 1. The third kappa shape index (κ3) is 6.11. The van der Waals surface area contributed by atoms with E-state index in [1.807, 2.05) is 66.7 Å². The van der Waals surface area contributed by atoms with Gasteiger partial charge in [-0.25, -0.2) is 0 Å². The van der Waals surface area contributed by atoms with Gasteiger partial charge < -0.3 is 14.8 Å². The van der Waals surface area contributed by atoms with Crippen molar-refractivity contribution in [3.05, 3.63) is 78.9 Å². The van der Waals surface area contributed by atoms with Crippen molar-refractivity contribution in [2.75, 3.05) is 11.9 Å². The van der Waals surface area contributed by atoms with E-state index >= 15 is 0 Å². The van der Waals surface area contributed by atoms with Crippen molar-refractivity contribution in [3.63, 3.8) is 0 Å². The zero-order valence-corrected chi connectivity index (χ0v) is 16.9. The van der Waals surface area contributed by atoms with E-state index in [9.17, 15) is 4.79 Å². The predicted molar refractivity (Wildman–Crippen MR) is 117 cm³/mol. The molecule has 0 saturated heterocycles. The molecule has 0 spiro atoms. The summed E-state index contributed by atoms with van der Waals surface area (Å²) in [6.45, 7) is 2.17. The van der Waals surface area contributed by atoms with Crippen LogP contribution in [-0.4, -0.2) is 18.6 Å². The highest BCUT2D eigenvalue weighted by atomic mass is 16.5. The summed E-state index contributed by atoms with van der Waals surface area (Å²) in [6.07, 6.45) is 0.464. The van der Waals surface area contributed by atoms with Crippen LogP contribution in [-0.2, 0) is 4.79 Å². The van der Waals surface area contributed by atoms with E-state index in [1.165, 1.54) is 0 Å². The normalized spacial score (nSPS) is 11.2. The molecule has 0 aliphatic heterocycles. The highest BCUT2D eigenvalue weighted by Crippen LogP contribution is 2.23. The molecule has 0 bridgehead atoms. The summed E-state index contributed by atoms with van der Waals surface area (Å²) in [6, 6.07) is 27.0. The lowest BCUT2D eigenvalue weighted by atomic mass is 10.1. The monoisotopic (exact) mass is 400 g/mol. The number of rotatable bonds is 9. The third-order valence-corrected chi connectivity index (χ3v) is 4.45. The number of hydrogen-bond acceptors (Lipinski definition) is 4. The number of nitrogens with one attached hydrogen (secondary N) is 1. The summed E-state index contributed by atoms with van der Waals surface area (Å²) < 4.78 is 11.4. The van der Waals surface area contributed by atoms with E-state index in [1.54, 1.807) is 19.1 Å². The van der Waals surface area contributed by atoms with Gasteiger partial charge in [-0.15, -0.1) is 0 Å². The number of benzene rings is 3. The maximum Gasteiger partial charge on any atom is 0.265 e. The Morgan fingerprint density at radius 3 is 2.43 bits per heavy atom. The highest BCUT2D eigenvalue weighted by Gasteiger charge is 2.15. The predicted octanol–water partition coefficient (Wildman–Crippen LogP) is 5.44. The molecule has 0 fully saturated rings. The molecule has 5 nitrogen and oxygen atoms in total. The van der Waals surface area contributed by atoms with Crippen LogP contribution < -0.4 is 14.8 Å². The molecule has 1 amide bonds. The van der Waals surface area contributed by atoms with Crippen molar-refractivity contribution in [2.24, 2.45) is 0 Å². The molecule has 1 N–H and O–H groups in total. The van der Waals surface area contributed by atoms with Gasteiger partial charge >= 0.3 is 0 Å². The fourth-order valence-electron chi connectivity index (χ4n) is 2.86. The highest BCUT2D eigenvalue weighted by molar-refractivity contribution is 5.94. The maximum atomic E-state index is 12.5. The van der Waals surface area contributed by atoms with Gasteiger partial charge in [0.05, 0.1) is 12.7 Å². The van der Waals surface area contributed by atoms with Gasteiger partial charge in [0.15, 0.2) is 6.10 Å². The number of amides is 1. The second-order valence-corrected chi connectivity index (χ2v) is 6.78. The first-order chi connectivity index (χ1) is 14.7. The average Bonchev–Trinajstić information content (AvgIpc) is 2.78. The molecule has 0 aromatic heterocycles. The number of hydrogen-bond donors (Lipinski definition) is 1. The molecule has 0 aliphatic carbocycles. The van der Waals surface area contributed by atoms with Gasteiger partial charge in [-0.2, -0.15) is 5.26 Å². The topological polar surface area (TPSA) is 71.3 Å². The standard InChI is InChI=1S/C25H24N2O3/c1-19(30-23-14-12-21(13-15-23)20-8-3-2-4-9-20)25(28)27-22-10-7-11-24(18-22)29-17-6-5-16-26/h2-4,7-15,18-19H,5-6,17H2,1H3,(H,27,28). The van der Waals surface area contributed by atoms with E-state index < -0.39 is 6.10 Å². The minimum absolute atomic E-state index is 0.247. The van der Waals surface area contributed by atoms with E-state index in [-0.39, 0.29) is 5.91 Å². The molecule has 0 saturated carbocycles. The summed E-state index contributed by atoms with van der Waals surface area (Å²) in [5, 5.41) is 11.4. The van der Waals surface area contributed by atoms with Gasteiger partial charge in [0, 0.05) is 18.2 Å². The summed E-state index contributed by atoms with van der Waals surface area (Å²) in [5.41, 5.74) is 2.85. The fourth-order valence-corrected chi connectivity index (χ4v) is 2.86. The van der Waals surface area contributed by atoms with Gasteiger partial charge in [0.25, 0.3) is 5.91 Å². The molecule has 5 heteroatoms. The Labute approximate surface area is 176 Å². The lowest BCUT2D eigenvalue weighted by Crippen LogP contribution is -2.30. The minimum Gasteiger partial charge on any atom is -0.493 e. The van der Waals surface area contributed by atoms with Crippen molar-refractivity contribution in [1.82, 2.24) is 0 Å². The second-order valence-electron chi connectivity index (χ2n) is 6.78. The van der Waals surface area contributed by atoms with Crippen molar-refractivity contribution in [1.29, 1.82) is 5.26 Å². The molecular weight excluding hydrogens is 376 g/mol. The van der Waals surface area contributed by atoms with Crippen LogP contribution in [0.15, 0.2) is 78.9 Å². The van der Waals surface area contributed by atoms with Gasteiger partial charge in [-0.05, 0) is 48.7 Å². The first-order valence-electron chi connectivity index (χ1n) is 9.88. The first kappa shape index (κ1) is 20.9. The lowest BCUT2D eigenvalue weighted by Gasteiger charge is -2.15. The Bertz CT molecular complexity index is 995. The van der Waals surface area contributed by atoms with Crippen LogP contribution in [0.2, 0.25) is 0 Å². The van der Waals surface area contributed by atoms with Crippen LogP contribution in [0.5, 0.6) is 11.5 Å². The molecule has 152 valence electrons. The SMILES string of the molecule is CC(Oc1ccc(-c2ccccc2)cc1)C(=O)Nc1cccc(OCCCC#N)c1. The Morgan fingerprint density at radius 1 is 0.967 bits per heavy atom. The van der Waals surface area contributed by atoms with Crippen molar-refractivity contribution in [3.8, 4) is 28.7 Å². The van der Waals surface area contributed by atoms with Gasteiger partial charge in [-0.3, -0.25) is 4.79 Å². The van der Waals surface area contributed by atoms with Crippen LogP contribution in [0.25, 0.3) is 11.1 Å². The van der Waals surface area contributed by atoms with Crippen LogP contribution in [0.3, 0.4) is 0 Å². The average molecular weight is 400 g/mol. The van der Waals surface area contributed by atoms with Gasteiger partial charge in [0.2, 0.25) is 0 Å². The molecule has 3 rings (SSSR count). The first-order valence-corrected chi connectivity index (χ1v) is 9.88. The zero-order chi connectivity index (χ0) is 21.2. The molecule has 30 heavy (non-hydrogen) atoms. The zero-order valence-electron chi connectivity index (χ0n) is 16.9. The molecule has 0 heterocycles. The molecule has 0 radical (unpaired) electrons. The minimum atomic E-state index is -0.659. The van der Waals surface area contributed by atoms with Crippen molar-refractivity contribution < 1.29 is 14.3 Å². The molecule has 1 atom stereocenters. The number of nitrogens with zero attached hydrogens (tertiary/aromatic N) is 1.